The Hall–Kier alpha value is -1.20. The molecule has 0 heterocycles. The standard InChI is InChI=1S/C12H18F2N2O/c1-12(15,7-17)6-8-4-5-9(13)10(14)11(8)16(2)3/h4-5,17H,6-7,15H2,1-3H3. The topological polar surface area (TPSA) is 49.5 Å². The molecule has 0 spiro atoms. The predicted octanol–water partition coefficient (Wildman–Crippen LogP) is 1.28. The maximum atomic E-state index is 13.7. The summed E-state index contributed by atoms with van der Waals surface area (Å²) in [5, 5.41) is 9.10. The molecular weight excluding hydrogens is 226 g/mol. The lowest BCUT2D eigenvalue weighted by atomic mass is 9.93. The number of hydrogen-bond donors (Lipinski definition) is 2. The van der Waals surface area contributed by atoms with Crippen LogP contribution >= 0.6 is 0 Å². The fraction of sp³-hybridized carbons (Fsp3) is 0.500. The van der Waals surface area contributed by atoms with Gasteiger partial charge in [-0.15, -0.1) is 0 Å². The van der Waals surface area contributed by atoms with Gasteiger partial charge in [0, 0.05) is 19.6 Å². The van der Waals surface area contributed by atoms with Crippen molar-refractivity contribution in [3.05, 3.63) is 29.3 Å². The van der Waals surface area contributed by atoms with Gasteiger partial charge in [0.2, 0.25) is 0 Å². The number of anilines is 1. The van der Waals surface area contributed by atoms with Crippen molar-refractivity contribution in [3.8, 4) is 0 Å². The van der Waals surface area contributed by atoms with Gasteiger partial charge in [0.05, 0.1) is 12.3 Å². The largest absolute Gasteiger partial charge is 0.394 e. The first-order valence-corrected chi connectivity index (χ1v) is 5.32. The van der Waals surface area contributed by atoms with Crippen LogP contribution in [0, 0.1) is 11.6 Å². The van der Waals surface area contributed by atoms with Gasteiger partial charge in [0.1, 0.15) is 0 Å². The van der Waals surface area contributed by atoms with Crippen LogP contribution < -0.4 is 10.6 Å². The van der Waals surface area contributed by atoms with Gasteiger partial charge in [-0.1, -0.05) is 6.07 Å². The first-order chi connectivity index (χ1) is 7.78. The zero-order valence-corrected chi connectivity index (χ0v) is 10.3. The third-order valence-electron chi connectivity index (χ3n) is 2.56. The van der Waals surface area contributed by atoms with Gasteiger partial charge in [-0.2, -0.15) is 0 Å². The highest BCUT2D eigenvalue weighted by Crippen LogP contribution is 2.27. The summed E-state index contributed by atoms with van der Waals surface area (Å²) in [7, 11) is 3.27. The van der Waals surface area contributed by atoms with Gasteiger partial charge in [-0.3, -0.25) is 0 Å². The molecule has 1 aromatic carbocycles. The minimum absolute atomic E-state index is 0.176. The third kappa shape index (κ3) is 3.14. The molecule has 0 aliphatic rings. The zero-order chi connectivity index (χ0) is 13.2. The molecule has 3 nitrogen and oxygen atoms in total. The van der Waals surface area contributed by atoms with Crippen molar-refractivity contribution in [1.82, 2.24) is 0 Å². The van der Waals surface area contributed by atoms with Gasteiger partial charge in [-0.25, -0.2) is 8.78 Å². The number of benzene rings is 1. The van der Waals surface area contributed by atoms with Crippen LogP contribution in [0.4, 0.5) is 14.5 Å². The zero-order valence-electron chi connectivity index (χ0n) is 10.3. The molecule has 0 aliphatic heterocycles. The Kier molecular flexibility index (Phi) is 4.06. The summed E-state index contributed by atoms with van der Waals surface area (Å²) in [6.45, 7) is 1.44. The SMILES string of the molecule is CN(C)c1c(CC(C)(N)CO)ccc(F)c1F. The van der Waals surface area contributed by atoms with E-state index < -0.39 is 17.2 Å². The van der Waals surface area contributed by atoms with Gasteiger partial charge in [0.15, 0.2) is 11.6 Å². The number of aliphatic hydroxyl groups excluding tert-OH is 1. The summed E-state index contributed by atoms with van der Waals surface area (Å²) in [6.07, 6.45) is 0.272. The highest BCUT2D eigenvalue weighted by molar-refractivity contribution is 5.54. The second-order valence-electron chi connectivity index (χ2n) is 4.75. The summed E-state index contributed by atoms with van der Waals surface area (Å²) in [6, 6.07) is 2.57. The highest BCUT2D eigenvalue weighted by atomic mass is 19.2. The number of halogens is 2. The first kappa shape index (κ1) is 13.9. The van der Waals surface area contributed by atoms with E-state index in [0.717, 1.165) is 6.07 Å². The lowest BCUT2D eigenvalue weighted by Gasteiger charge is -2.25. The van der Waals surface area contributed by atoms with Crippen molar-refractivity contribution in [2.24, 2.45) is 5.73 Å². The smallest absolute Gasteiger partial charge is 0.182 e. The van der Waals surface area contributed by atoms with Crippen molar-refractivity contribution < 1.29 is 13.9 Å². The number of nitrogens with two attached hydrogens (primary N) is 1. The van der Waals surface area contributed by atoms with Crippen molar-refractivity contribution in [2.75, 3.05) is 25.6 Å². The molecule has 1 rings (SSSR count). The molecule has 96 valence electrons. The lowest BCUT2D eigenvalue weighted by Crippen LogP contribution is -2.42. The molecule has 0 amide bonds. The van der Waals surface area contributed by atoms with Crippen LogP contribution in [-0.2, 0) is 6.42 Å². The monoisotopic (exact) mass is 244 g/mol. The van der Waals surface area contributed by atoms with E-state index in [-0.39, 0.29) is 18.7 Å². The molecule has 0 bridgehead atoms. The van der Waals surface area contributed by atoms with E-state index >= 15 is 0 Å². The summed E-state index contributed by atoms with van der Waals surface area (Å²) in [4.78, 5) is 1.50. The normalized spacial score (nSPS) is 14.5. The van der Waals surface area contributed by atoms with Crippen LogP contribution in [0.25, 0.3) is 0 Å². The van der Waals surface area contributed by atoms with Crippen LogP contribution in [0.5, 0.6) is 0 Å². The van der Waals surface area contributed by atoms with Crippen LogP contribution in [0.1, 0.15) is 12.5 Å². The molecule has 0 radical (unpaired) electrons. The summed E-state index contributed by atoms with van der Waals surface area (Å²) in [5.41, 5.74) is 5.72. The average Bonchev–Trinajstić information content (AvgIpc) is 2.23. The van der Waals surface area contributed by atoms with E-state index in [9.17, 15) is 8.78 Å². The Labute approximate surface area is 99.8 Å². The van der Waals surface area contributed by atoms with Crippen LogP contribution in [0.15, 0.2) is 12.1 Å². The van der Waals surface area contributed by atoms with Gasteiger partial charge < -0.3 is 15.7 Å². The third-order valence-corrected chi connectivity index (χ3v) is 2.56. The molecule has 1 aromatic rings. The Morgan fingerprint density at radius 1 is 1.35 bits per heavy atom. The predicted molar refractivity (Wildman–Crippen MR) is 64.1 cm³/mol. The van der Waals surface area contributed by atoms with Crippen molar-refractivity contribution in [3.63, 3.8) is 0 Å². The fourth-order valence-corrected chi connectivity index (χ4v) is 1.70. The molecule has 1 atom stereocenters. The molecule has 0 saturated carbocycles. The van der Waals surface area contributed by atoms with Crippen molar-refractivity contribution in [1.29, 1.82) is 0 Å². The highest BCUT2D eigenvalue weighted by Gasteiger charge is 2.23. The van der Waals surface area contributed by atoms with Gasteiger partial charge in [-0.05, 0) is 25.0 Å². The van der Waals surface area contributed by atoms with Crippen LogP contribution in [-0.4, -0.2) is 31.3 Å². The van der Waals surface area contributed by atoms with E-state index in [1.54, 1.807) is 21.0 Å². The minimum Gasteiger partial charge on any atom is -0.394 e. The fourth-order valence-electron chi connectivity index (χ4n) is 1.70. The lowest BCUT2D eigenvalue weighted by molar-refractivity contribution is 0.208. The second-order valence-corrected chi connectivity index (χ2v) is 4.75. The molecule has 0 aliphatic carbocycles. The summed E-state index contributed by atoms with van der Waals surface area (Å²) >= 11 is 0. The molecule has 0 aromatic heterocycles. The molecule has 17 heavy (non-hydrogen) atoms. The summed E-state index contributed by atoms with van der Waals surface area (Å²) in [5.74, 6) is -1.78. The molecule has 0 fully saturated rings. The van der Waals surface area contributed by atoms with E-state index in [2.05, 4.69) is 0 Å². The number of hydrogen-bond acceptors (Lipinski definition) is 3. The molecule has 3 N–H and O–H groups in total. The minimum atomic E-state index is -0.889. The Bertz CT molecular complexity index is 406. The van der Waals surface area contributed by atoms with E-state index in [1.807, 2.05) is 0 Å². The van der Waals surface area contributed by atoms with Crippen molar-refractivity contribution >= 4 is 5.69 Å². The van der Waals surface area contributed by atoms with Gasteiger partial charge >= 0.3 is 0 Å². The summed E-state index contributed by atoms with van der Waals surface area (Å²) < 4.78 is 26.8. The molecule has 1 unspecified atom stereocenters. The van der Waals surface area contributed by atoms with E-state index in [0.29, 0.717) is 5.56 Å². The Balaban J connectivity index is 3.20. The van der Waals surface area contributed by atoms with Crippen LogP contribution in [0.3, 0.4) is 0 Å². The number of nitrogens with zero attached hydrogens (tertiary/aromatic N) is 1. The van der Waals surface area contributed by atoms with Crippen molar-refractivity contribution in [2.45, 2.75) is 18.9 Å². The average molecular weight is 244 g/mol. The maximum Gasteiger partial charge on any atom is 0.182 e. The van der Waals surface area contributed by atoms with Crippen LogP contribution in [0.2, 0.25) is 0 Å². The van der Waals surface area contributed by atoms with E-state index in [1.165, 1.54) is 11.0 Å². The number of aliphatic hydroxyl groups is 1. The second kappa shape index (κ2) is 4.98. The number of rotatable bonds is 4. The molecular formula is C12H18F2N2O. The maximum absolute atomic E-state index is 13.7. The first-order valence-electron chi connectivity index (χ1n) is 5.32. The van der Waals surface area contributed by atoms with Gasteiger partial charge in [0.25, 0.3) is 0 Å². The quantitative estimate of drug-likeness (QED) is 0.839. The molecule has 5 heteroatoms. The molecule has 0 saturated heterocycles. The Morgan fingerprint density at radius 3 is 2.41 bits per heavy atom. The van der Waals surface area contributed by atoms with E-state index in [4.69, 9.17) is 10.8 Å². The Morgan fingerprint density at radius 2 is 1.94 bits per heavy atom.